The first-order chi connectivity index (χ1) is 8.70. The zero-order chi connectivity index (χ0) is 13.0. The Kier molecular flexibility index (Phi) is 3.69. The summed E-state index contributed by atoms with van der Waals surface area (Å²) in [5.41, 5.74) is 7.10. The largest absolute Gasteiger partial charge is 0.497 e. The molecule has 0 saturated heterocycles. The molecule has 0 aliphatic carbocycles. The number of ether oxygens (including phenoxy) is 1. The fraction of sp³-hybridized carbons (Fsp3) is 0.0833. The van der Waals surface area contributed by atoms with Crippen molar-refractivity contribution in [2.45, 2.75) is 0 Å². The van der Waals surface area contributed by atoms with Crippen LogP contribution >= 0.6 is 12.2 Å². The van der Waals surface area contributed by atoms with Crippen molar-refractivity contribution in [3.63, 3.8) is 0 Å². The Labute approximate surface area is 110 Å². The number of thiocarbonyl (C=S) groups is 1. The Bertz CT molecular complexity index is 574. The third-order valence-corrected chi connectivity index (χ3v) is 2.54. The second-order valence-electron chi connectivity index (χ2n) is 3.51. The molecular weight excluding hydrogens is 248 g/mol. The molecule has 0 atom stereocenters. The van der Waals surface area contributed by atoms with Crippen LogP contribution in [-0.4, -0.2) is 22.3 Å². The maximum Gasteiger partial charge on any atom is 0.163 e. The summed E-state index contributed by atoms with van der Waals surface area (Å²) in [5, 5.41) is 10.9. The van der Waals surface area contributed by atoms with Gasteiger partial charge in [0, 0.05) is 11.8 Å². The average molecular weight is 260 g/mol. The van der Waals surface area contributed by atoms with Crippen LogP contribution in [0.3, 0.4) is 0 Å². The smallest absolute Gasteiger partial charge is 0.163 e. The van der Waals surface area contributed by atoms with Gasteiger partial charge in [-0.3, -0.25) is 0 Å². The topological polar surface area (TPSA) is 73.1 Å². The van der Waals surface area contributed by atoms with E-state index in [1.165, 1.54) is 0 Å². The molecule has 2 aromatic rings. The van der Waals surface area contributed by atoms with Gasteiger partial charge in [0.05, 0.1) is 18.9 Å². The van der Waals surface area contributed by atoms with E-state index < -0.39 is 0 Å². The van der Waals surface area contributed by atoms with E-state index in [-0.39, 0.29) is 4.99 Å². The van der Waals surface area contributed by atoms with Gasteiger partial charge in [-0.25, -0.2) is 0 Å². The molecule has 6 heteroatoms. The molecule has 2 rings (SSSR count). The molecule has 0 amide bonds. The number of methoxy groups -OCH3 is 1. The first-order valence-electron chi connectivity index (χ1n) is 5.23. The van der Waals surface area contributed by atoms with Gasteiger partial charge in [0.25, 0.3) is 0 Å². The van der Waals surface area contributed by atoms with Gasteiger partial charge in [-0.2, -0.15) is 5.10 Å². The molecule has 18 heavy (non-hydrogen) atoms. The lowest BCUT2D eigenvalue weighted by Crippen LogP contribution is -2.13. The minimum absolute atomic E-state index is 0.273. The van der Waals surface area contributed by atoms with Crippen molar-refractivity contribution in [2.24, 2.45) is 5.73 Å². The normalized spacial score (nSPS) is 9.83. The molecule has 0 unspecified atom stereocenters. The highest BCUT2D eigenvalue weighted by molar-refractivity contribution is 7.80. The van der Waals surface area contributed by atoms with Gasteiger partial charge in [-0.05, 0) is 18.2 Å². The molecule has 0 radical (unpaired) electrons. The van der Waals surface area contributed by atoms with E-state index >= 15 is 0 Å². The third kappa shape index (κ3) is 2.72. The number of hydrogen-bond donors (Lipinski definition) is 2. The van der Waals surface area contributed by atoms with Crippen molar-refractivity contribution in [2.75, 3.05) is 12.4 Å². The standard InChI is InChI=1S/C12H12N4OS/c1-17-9-4-2-3-8(7-9)15-12-10(11(13)18)5-6-14-16-12/h2-7H,1H3,(H2,13,18)(H,15,16). The first kappa shape index (κ1) is 12.3. The van der Waals surface area contributed by atoms with Crippen LogP contribution in [0, 0.1) is 0 Å². The maximum absolute atomic E-state index is 5.62. The number of nitrogens with one attached hydrogen (secondary N) is 1. The van der Waals surface area contributed by atoms with E-state index in [0.29, 0.717) is 11.4 Å². The van der Waals surface area contributed by atoms with Crippen LogP contribution < -0.4 is 15.8 Å². The molecule has 0 fully saturated rings. The molecule has 0 saturated carbocycles. The molecular formula is C12H12N4OS. The Morgan fingerprint density at radius 1 is 1.39 bits per heavy atom. The average Bonchev–Trinajstić information content (AvgIpc) is 2.39. The number of nitrogens with two attached hydrogens (primary N) is 1. The highest BCUT2D eigenvalue weighted by atomic mass is 32.1. The molecule has 3 N–H and O–H groups in total. The summed E-state index contributed by atoms with van der Waals surface area (Å²) in [7, 11) is 1.61. The van der Waals surface area contributed by atoms with Gasteiger partial charge in [0.15, 0.2) is 5.82 Å². The molecule has 0 spiro atoms. The summed E-state index contributed by atoms with van der Waals surface area (Å²) in [5.74, 6) is 1.28. The fourth-order valence-electron chi connectivity index (χ4n) is 1.46. The van der Waals surface area contributed by atoms with E-state index in [4.69, 9.17) is 22.7 Å². The van der Waals surface area contributed by atoms with Crippen LogP contribution in [0.1, 0.15) is 5.56 Å². The molecule has 1 aromatic carbocycles. The predicted octanol–water partition coefficient (Wildman–Crippen LogP) is 1.86. The molecule has 92 valence electrons. The monoisotopic (exact) mass is 260 g/mol. The molecule has 0 aliphatic rings. The number of nitrogens with zero attached hydrogens (tertiary/aromatic N) is 2. The quantitative estimate of drug-likeness (QED) is 0.817. The van der Waals surface area contributed by atoms with Gasteiger partial charge in [-0.15, -0.1) is 5.10 Å². The van der Waals surface area contributed by atoms with Crippen molar-refractivity contribution < 1.29 is 4.74 Å². The summed E-state index contributed by atoms with van der Waals surface area (Å²) < 4.78 is 5.14. The number of rotatable bonds is 4. The molecule has 5 nitrogen and oxygen atoms in total. The molecule has 1 heterocycles. The highest BCUT2D eigenvalue weighted by Gasteiger charge is 2.07. The Balaban J connectivity index is 2.31. The first-order valence-corrected chi connectivity index (χ1v) is 5.64. The van der Waals surface area contributed by atoms with Crippen LogP contribution in [-0.2, 0) is 0 Å². The van der Waals surface area contributed by atoms with Gasteiger partial charge in [-0.1, -0.05) is 18.3 Å². The van der Waals surface area contributed by atoms with Gasteiger partial charge in [0.2, 0.25) is 0 Å². The summed E-state index contributed by atoms with van der Waals surface area (Å²) in [6, 6.07) is 9.19. The van der Waals surface area contributed by atoms with Crippen LogP contribution in [0.25, 0.3) is 0 Å². The molecule has 0 aliphatic heterocycles. The second kappa shape index (κ2) is 5.42. The molecule has 0 bridgehead atoms. The highest BCUT2D eigenvalue weighted by Crippen LogP contribution is 2.21. The van der Waals surface area contributed by atoms with E-state index in [0.717, 1.165) is 11.4 Å². The van der Waals surface area contributed by atoms with Crippen LogP contribution in [0.2, 0.25) is 0 Å². The fourth-order valence-corrected chi connectivity index (χ4v) is 1.63. The summed E-state index contributed by atoms with van der Waals surface area (Å²) in [4.78, 5) is 0.273. The summed E-state index contributed by atoms with van der Waals surface area (Å²) in [6.07, 6.45) is 1.55. The number of benzene rings is 1. The number of hydrogen-bond acceptors (Lipinski definition) is 5. The predicted molar refractivity (Wildman–Crippen MR) is 74.2 cm³/mol. The lowest BCUT2D eigenvalue weighted by molar-refractivity contribution is 0.415. The van der Waals surface area contributed by atoms with E-state index in [9.17, 15) is 0 Å². The molecule has 1 aromatic heterocycles. The maximum atomic E-state index is 5.62. The van der Waals surface area contributed by atoms with Crippen LogP contribution in [0.4, 0.5) is 11.5 Å². The summed E-state index contributed by atoms with van der Waals surface area (Å²) >= 11 is 4.96. The van der Waals surface area contributed by atoms with Crippen LogP contribution in [0.5, 0.6) is 5.75 Å². The minimum Gasteiger partial charge on any atom is -0.497 e. The summed E-state index contributed by atoms with van der Waals surface area (Å²) in [6.45, 7) is 0. The van der Waals surface area contributed by atoms with E-state index in [1.54, 1.807) is 19.4 Å². The van der Waals surface area contributed by atoms with Gasteiger partial charge < -0.3 is 15.8 Å². The lowest BCUT2D eigenvalue weighted by Gasteiger charge is -2.09. The van der Waals surface area contributed by atoms with Crippen molar-refractivity contribution in [3.05, 3.63) is 42.1 Å². The van der Waals surface area contributed by atoms with E-state index in [2.05, 4.69) is 15.5 Å². The third-order valence-electron chi connectivity index (χ3n) is 2.32. The van der Waals surface area contributed by atoms with Crippen molar-refractivity contribution in [1.29, 1.82) is 0 Å². The number of aromatic nitrogens is 2. The SMILES string of the molecule is COc1cccc(Nc2nnccc2C(N)=S)c1. The zero-order valence-electron chi connectivity index (χ0n) is 9.75. The van der Waals surface area contributed by atoms with Crippen molar-refractivity contribution in [1.82, 2.24) is 10.2 Å². The zero-order valence-corrected chi connectivity index (χ0v) is 10.6. The lowest BCUT2D eigenvalue weighted by atomic mass is 10.2. The van der Waals surface area contributed by atoms with Gasteiger partial charge in [0.1, 0.15) is 10.7 Å². The van der Waals surface area contributed by atoms with E-state index in [1.807, 2.05) is 24.3 Å². The van der Waals surface area contributed by atoms with Crippen LogP contribution in [0.15, 0.2) is 36.5 Å². The minimum atomic E-state index is 0.273. The van der Waals surface area contributed by atoms with Crippen molar-refractivity contribution >= 4 is 28.7 Å². The van der Waals surface area contributed by atoms with Crippen molar-refractivity contribution in [3.8, 4) is 5.75 Å². The Hall–Kier alpha value is -2.21. The second-order valence-corrected chi connectivity index (χ2v) is 3.95. The number of anilines is 2. The van der Waals surface area contributed by atoms with Gasteiger partial charge >= 0.3 is 0 Å². The Morgan fingerprint density at radius 2 is 2.22 bits per heavy atom. The Morgan fingerprint density at radius 3 is 2.94 bits per heavy atom.